The summed E-state index contributed by atoms with van der Waals surface area (Å²) in [4.78, 5) is 14.7. The summed E-state index contributed by atoms with van der Waals surface area (Å²) >= 11 is 3.04. The highest BCUT2D eigenvalue weighted by molar-refractivity contribution is 7.88. The first kappa shape index (κ1) is 13.5. The van der Waals surface area contributed by atoms with E-state index in [1.165, 1.54) is 11.3 Å². The standard InChI is InChI=1S/C12H13NO2S3/c1-13(8-10-4-2-6-16-10)11(14)9-18(15)12-5-3-7-17-12/h2-7H,8-9H2,1H3/t18-/m0/s1. The molecule has 1 amide bonds. The summed E-state index contributed by atoms with van der Waals surface area (Å²) < 4.78 is 12.7. The van der Waals surface area contributed by atoms with Crippen LogP contribution in [0.1, 0.15) is 4.88 Å². The fourth-order valence-electron chi connectivity index (χ4n) is 1.41. The summed E-state index contributed by atoms with van der Waals surface area (Å²) in [7, 11) is 0.523. The van der Waals surface area contributed by atoms with Crippen LogP contribution in [-0.4, -0.2) is 27.8 Å². The van der Waals surface area contributed by atoms with E-state index in [1.807, 2.05) is 29.0 Å². The number of hydrogen-bond acceptors (Lipinski definition) is 4. The van der Waals surface area contributed by atoms with Gasteiger partial charge < -0.3 is 4.90 Å². The summed E-state index contributed by atoms with van der Waals surface area (Å²) in [5.74, 6) is -0.0299. The summed E-state index contributed by atoms with van der Waals surface area (Å²) in [6, 6.07) is 7.60. The van der Waals surface area contributed by atoms with Gasteiger partial charge in [0.25, 0.3) is 0 Å². The van der Waals surface area contributed by atoms with E-state index in [-0.39, 0.29) is 11.7 Å². The van der Waals surface area contributed by atoms with Crippen molar-refractivity contribution in [2.75, 3.05) is 12.8 Å². The van der Waals surface area contributed by atoms with Gasteiger partial charge >= 0.3 is 0 Å². The van der Waals surface area contributed by atoms with Crippen LogP contribution in [0.3, 0.4) is 0 Å². The first-order valence-electron chi connectivity index (χ1n) is 5.35. The number of carbonyl (C=O) groups is 1. The van der Waals surface area contributed by atoms with E-state index in [0.29, 0.717) is 6.54 Å². The predicted molar refractivity (Wildman–Crippen MR) is 76.4 cm³/mol. The molecular weight excluding hydrogens is 286 g/mol. The number of thiophene rings is 2. The van der Waals surface area contributed by atoms with Gasteiger partial charge in [-0.15, -0.1) is 22.7 Å². The number of nitrogens with zero attached hydrogens (tertiary/aromatic N) is 1. The van der Waals surface area contributed by atoms with Gasteiger partial charge in [-0.05, 0) is 22.9 Å². The van der Waals surface area contributed by atoms with Crippen molar-refractivity contribution in [1.82, 2.24) is 4.90 Å². The highest BCUT2D eigenvalue weighted by Crippen LogP contribution is 2.15. The first-order chi connectivity index (χ1) is 8.66. The molecule has 0 unspecified atom stereocenters. The number of hydrogen-bond donors (Lipinski definition) is 0. The maximum absolute atomic E-state index is 11.9. The van der Waals surface area contributed by atoms with Crippen LogP contribution >= 0.6 is 22.7 Å². The van der Waals surface area contributed by atoms with Crippen molar-refractivity contribution in [2.24, 2.45) is 0 Å². The molecular formula is C12H13NO2S3. The van der Waals surface area contributed by atoms with Crippen LogP contribution in [0.15, 0.2) is 39.2 Å². The molecule has 0 aliphatic rings. The topological polar surface area (TPSA) is 37.4 Å². The number of carbonyl (C=O) groups excluding carboxylic acids is 1. The minimum atomic E-state index is -1.22. The number of rotatable bonds is 5. The normalized spacial score (nSPS) is 12.3. The lowest BCUT2D eigenvalue weighted by molar-refractivity contribution is -0.127. The summed E-state index contributed by atoms with van der Waals surface area (Å²) in [6.45, 7) is 0.581. The molecule has 0 aliphatic carbocycles. The van der Waals surface area contributed by atoms with Gasteiger partial charge in [-0.1, -0.05) is 12.1 Å². The zero-order valence-electron chi connectivity index (χ0n) is 9.87. The molecule has 2 aromatic heterocycles. The molecule has 0 saturated heterocycles. The molecule has 0 aromatic carbocycles. The molecule has 96 valence electrons. The Morgan fingerprint density at radius 3 is 2.61 bits per heavy atom. The molecule has 2 aromatic rings. The lowest BCUT2D eigenvalue weighted by Gasteiger charge is -2.15. The minimum absolute atomic E-state index is 0.0579. The van der Waals surface area contributed by atoms with Gasteiger partial charge in [-0.25, -0.2) is 0 Å². The highest BCUT2D eigenvalue weighted by Gasteiger charge is 2.15. The van der Waals surface area contributed by atoms with Gasteiger partial charge in [-0.2, -0.15) is 0 Å². The second-order valence-electron chi connectivity index (χ2n) is 3.75. The zero-order valence-corrected chi connectivity index (χ0v) is 12.3. The highest BCUT2D eigenvalue weighted by atomic mass is 32.2. The fraction of sp³-hybridized carbons (Fsp3) is 0.250. The Labute approximate surface area is 117 Å². The summed E-state index contributed by atoms with van der Waals surface area (Å²) in [5, 5.41) is 3.85. The third-order valence-electron chi connectivity index (χ3n) is 2.37. The third-order valence-corrected chi connectivity index (χ3v) is 5.84. The van der Waals surface area contributed by atoms with Crippen LogP contribution < -0.4 is 0 Å². The minimum Gasteiger partial charge on any atom is -0.340 e. The molecule has 18 heavy (non-hydrogen) atoms. The molecule has 0 bridgehead atoms. The van der Waals surface area contributed by atoms with Crippen molar-refractivity contribution >= 4 is 39.4 Å². The molecule has 0 aliphatic heterocycles. The molecule has 1 atom stereocenters. The van der Waals surface area contributed by atoms with E-state index < -0.39 is 10.8 Å². The van der Waals surface area contributed by atoms with Crippen LogP contribution in [0.4, 0.5) is 0 Å². The maximum atomic E-state index is 11.9. The Bertz CT molecular complexity index is 520. The van der Waals surface area contributed by atoms with Crippen molar-refractivity contribution in [3.8, 4) is 0 Å². The van der Waals surface area contributed by atoms with Gasteiger partial charge in [-0.3, -0.25) is 9.00 Å². The molecule has 2 heterocycles. The van der Waals surface area contributed by atoms with E-state index in [4.69, 9.17) is 0 Å². The van der Waals surface area contributed by atoms with Gasteiger partial charge in [0.05, 0.1) is 21.6 Å². The Morgan fingerprint density at radius 2 is 2.00 bits per heavy atom. The quantitative estimate of drug-likeness (QED) is 0.851. The van der Waals surface area contributed by atoms with Crippen molar-refractivity contribution in [2.45, 2.75) is 10.8 Å². The van der Waals surface area contributed by atoms with E-state index in [9.17, 15) is 9.00 Å². The lowest BCUT2D eigenvalue weighted by Crippen LogP contribution is -2.30. The van der Waals surface area contributed by atoms with Crippen molar-refractivity contribution in [3.05, 3.63) is 39.9 Å². The summed E-state index contributed by atoms with van der Waals surface area (Å²) in [5.41, 5.74) is 0. The van der Waals surface area contributed by atoms with E-state index in [1.54, 1.807) is 29.4 Å². The van der Waals surface area contributed by atoms with Crippen LogP contribution in [0.25, 0.3) is 0 Å². The van der Waals surface area contributed by atoms with E-state index in [2.05, 4.69) is 0 Å². The average molecular weight is 299 g/mol. The van der Waals surface area contributed by atoms with E-state index >= 15 is 0 Å². The monoisotopic (exact) mass is 299 g/mol. The second-order valence-corrected chi connectivity index (χ2v) is 7.41. The van der Waals surface area contributed by atoms with E-state index in [0.717, 1.165) is 9.09 Å². The smallest absolute Gasteiger partial charge is 0.235 e. The lowest BCUT2D eigenvalue weighted by atomic mass is 10.4. The van der Waals surface area contributed by atoms with Gasteiger partial charge in [0, 0.05) is 11.9 Å². The Kier molecular flexibility index (Phi) is 4.68. The predicted octanol–water partition coefficient (Wildman–Crippen LogP) is 2.58. The van der Waals surface area contributed by atoms with Crippen LogP contribution in [0.5, 0.6) is 0 Å². The molecule has 0 radical (unpaired) electrons. The third kappa shape index (κ3) is 3.51. The SMILES string of the molecule is CN(Cc1cccs1)C(=O)C[S@](=O)c1cccs1. The van der Waals surface area contributed by atoms with Crippen LogP contribution in [0, 0.1) is 0 Å². The summed E-state index contributed by atoms with van der Waals surface area (Å²) in [6.07, 6.45) is 0. The molecule has 3 nitrogen and oxygen atoms in total. The van der Waals surface area contributed by atoms with Crippen molar-refractivity contribution in [3.63, 3.8) is 0 Å². The van der Waals surface area contributed by atoms with Gasteiger partial charge in [0.1, 0.15) is 5.75 Å². The fourth-order valence-corrected chi connectivity index (χ4v) is 4.21. The number of amides is 1. The molecule has 2 rings (SSSR count). The largest absolute Gasteiger partial charge is 0.340 e. The van der Waals surface area contributed by atoms with Gasteiger partial charge in [0.15, 0.2) is 0 Å². The molecule has 0 fully saturated rings. The van der Waals surface area contributed by atoms with Crippen molar-refractivity contribution < 1.29 is 9.00 Å². The van der Waals surface area contributed by atoms with Crippen LogP contribution in [-0.2, 0) is 22.1 Å². The van der Waals surface area contributed by atoms with Crippen molar-refractivity contribution in [1.29, 1.82) is 0 Å². The average Bonchev–Trinajstić information content (AvgIpc) is 3.01. The Balaban J connectivity index is 1.89. The molecule has 0 spiro atoms. The molecule has 0 saturated carbocycles. The van der Waals surface area contributed by atoms with Crippen LogP contribution in [0.2, 0.25) is 0 Å². The molecule has 0 N–H and O–H groups in total. The Hall–Kier alpha value is -0.980. The Morgan fingerprint density at radius 1 is 1.28 bits per heavy atom. The molecule has 6 heteroatoms. The first-order valence-corrected chi connectivity index (χ1v) is 8.43. The maximum Gasteiger partial charge on any atom is 0.235 e. The van der Waals surface area contributed by atoms with Gasteiger partial charge in [0.2, 0.25) is 5.91 Å². The second kappa shape index (κ2) is 6.26. The zero-order chi connectivity index (χ0) is 13.0.